The monoisotopic (exact) mass is 387 g/mol. The van der Waals surface area contributed by atoms with Crippen molar-refractivity contribution in [3.8, 4) is 0 Å². The van der Waals surface area contributed by atoms with Gasteiger partial charge < -0.3 is 20.3 Å². The van der Waals surface area contributed by atoms with Crippen LogP contribution >= 0.6 is 11.8 Å². The second kappa shape index (κ2) is 10.6. The van der Waals surface area contributed by atoms with Crippen molar-refractivity contribution in [1.82, 2.24) is 15.5 Å². The zero-order valence-corrected chi connectivity index (χ0v) is 17.4. The third-order valence-electron chi connectivity index (χ3n) is 4.06. The summed E-state index contributed by atoms with van der Waals surface area (Å²) < 4.78 is 5.23. The van der Waals surface area contributed by atoms with Crippen molar-refractivity contribution in [1.29, 1.82) is 0 Å². The first-order valence-electron chi connectivity index (χ1n) is 9.26. The number of carbonyl (C=O) groups excluding carboxylic acids is 3. The fraction of sp³-hybridized carbons (Fsp3) is 0.833. The van der Waals surface area contributed by atoms with Crippen LogP contribution in [0.1, 0.15) is 53.4 Å². The molecule has 1 aliphatic rings. The van der Waals surface area contributed by atoms with Crippen molar-refractivity contribution in [3.05, 3.63) is 0 Å². The number of thioether (sulfide) groups is 1. The van der Waals surface area contributed by atoms with E-state index in [1.165, 1.54) is 0 Å². The van der Waals surface area contributed by atoms with Gasteiger partial charge >= 0.3 is 6.09 Å². The summed E-state index contributed by atoms with van der Waals surface area (Å²) in [6, 6.07) is -1.14. The maximum Gasteiger partial charge on any atom is 0.408 e. The number of nitrogens with zero attached hydrogens (tertiary/aromatic N) is 1. The van der Waals surface area contributed by atoms with Gasteiger partial charge in [0.25, 0.3) is 0 Å². The van der Waals surface area contributed by atoms with E-state index in [-0.39, 0.29) is 11.8 Å². The van der Waals surface area contributed by atoms with Crippen LogP contribution in [-0.4, -0.2) is 65.6 Å². The number of carbonyl (C=O) groups is 3. The molecule has 0 aliphatic carbocycles. The normalized spacial score (nSPS) is 18.3. The maximum atomic E-state index is 12.8. The molecule has 1 fully saturated rings. The Balaban J connectivity index is 2.63. The van der Waals surface area contributed by atoms with Crippen LogP contribution in [0.25, 0.3) is 0 Å². The molecule has 8 heteroatoms. The average Bonchev–Trinajstić information content (AvgIpc) is 3.03. The van der Waals surface area contributed by atoms with Gasteiger partial charge in [-0.25, -0.2) is 4.79 Å². The van der Waals surface area contributed by atoms with Crippen molar-refractivity contribution in [2.75, 3.05) is 25.1 Å². The molecule has 0 saturated carbocycles. The summed E-state index contributed by atoms with van der Waals surface area (Å²) in [5, 5.41) is 5.55. The van der Waals surface area contributed by atoms with E-state index >= 15 is 0 Å². The Hall–Kier alpha value is -1.44. The summed E-state index contributed by atoms with van der Waals surface area (Å²) in [6.07, 6.45) is 4.21. The number of hydrogen-bond donors (Lipinski definition) is 2. The van der Waals surface area contributed by atoms with Crippen molar-refractivity contribution in [2.45, 2.75) is 71.1 Å². The van der Waals surface area contributed by atoms with Crippen LogP contribution in [0.2, 0.25) is 0 Å². The first kappa shape index (κ1) is 22.6. The quantitative estimate of drug-likeness (QED) is 0.623. The molecule has 3 amide bonds. The van der Waals surface area contributed by atoms with Gasteiger partial charge in [-0.1, -0.05) is 6.92 Å². The van der Waals surface area contributed by atoms with Gasteiger partial charge in [0.15, 0.2) is 0 Å². The van der Waals surface area contributed by atoms with Crippen molar-refractivity contribution < 1.29 is 19.1 Å². The van der Waals surface area contributed by atoms with Gasteiger partial charge in [-0.3, -0.25) is 9.59 Å². The molecule has 0 spiro atoms. The molecule has 1 rings (SSSR count). The number of rotatable bonds is 8. The molecule has 0 radical (unpaired) electrons. The van der Waals surface area contributed by atoms with Crippen LogP contribution in [0.5, 0.6) is 0 Å². The minimum absolute atomic E-state index is 0.107. The SMILES string of the molecule is CC[C@H](NC(=O)OC(C)(C)C)C(=O)N1CCC[C@H]1C(=O)NCCCSC. The summed E-state index contributed by atoms with van der Waals surface area (Å²) in [6.45, 7) is 8.29. The number of hydrogen-bond acceptors (Lipinski definition) is 5. The molecule has 1 saturated heterocycles. The predicted molar refractivity (Wildman–Crippen MR) is 104 cm³/mol. The second-order valence-electron chi connectivity index (χ2n) is 7.43. The first-order valence-corrected chi connectivity index (χ1v) is 10.7. The van der Waals surface area contributed by atoms with Crippen LogP contribution in [-0.2, 0) is 14.3 Å². The standard InChI is InChI=1S/C18H33N3O4S/c1-6-13(20-17(24)25-18(2,3)4)16(23)21-11-7-9-14(21)15(22)19-10-8-12-26-5/h13-14H,6-12H2,1-5H3,(H,19,22)(H,20,24)/t13-,14-/m0/s1. The van der Waals surface area contributed by atoms with Crippen molar-refractivity contribution in [3.63, 3.8) is 0 Å². The van der Waals surface area contributed by atoms with Gasteiger partial charge in [-0.2, -0.15) is 11.8 Å². The van der Waals surface area contributed by atoms with Crippen LogP contribution in [0.4, 0.5) is 4.79 Å². The third kappa shape index (κ3) is 7.43. The zero-order chi connectivity index (χ0) is 19.7. The minimum Gasteiger partial charge on any atom is -0.444 e. The Morgan fingerprint density at radius 3 is 2.58 bits per heavy atom. The van der Waals surface area contributed by atoms with Crippen LogP contribution in [0, 0.1) is 0 Å². The maximum absolute atomic E-state index is 12.8. The number of alkyl carbamates (subject to hydrolysis) is 1. The van der Waals surface area contributed by atoms with Gasteiger partial charge in [-0.05, 0) is 58.5 Å². The smallest absolute Gasteiger partial charge is 0.408 e. The lowest BCUT2D eigenvalue weighted by molar-refractivity contribution is -0.140. The van der Waals surface area contributed by atoms with Crippen LogP contribution < -0.4 is 10.6 Å². The van der Waals surface area contributed by atoms with Gasteiger partial charge in [0.2, 0.25) is 11.8 Å². The molecule has 2 atom stereocenters. The third-order valence-corrected chi connectivity index (χ3v) is 4.76. The van der Waals surface area contributed by atoms with Crippen molar-refractivity contribution >= 4 is 29.7 Å². The molecule has 26 heavy (non-hydrogen) atoms. The summed E-state index contributed by atoms with van der Waals surface area (Å²) in [5.41, 5.74) is -0.627. The van der Waals surface area contributed by atoms with Crippen molar-refractivity contribution in [2.24, 2.45) is 0 Å². The lowest BCUT2D eigenvalue weighted by atomic mass is 10.1. The molecular formula is C18H33N3O4S. The number of ether oxygens (including phenoxy) is 1. The van der Waals surface area contributed by atoms with Gasteiger partial charge in [0, 0.05) is 13.1 Å². The summed E-state index contributed by atoms with van der Waals surface area (Å²) >= 11 is 1.74. The zero-order valence-electron chi connectivity index (χ0n) is 16.6. The molecule has 150 valence electrons. The summed E-state index contributed by atoms with van der Waals surface area (Å²) in [7, 11) is 0. The van der Waals surface area contributed by atoms with E-state index in [9.17, 15) is 14.4 Å². The first-order chi connectivity index (χ1) is 12.2. The minimum atomic E-state index is -0.685. The molecule has 0 aromatic heterocycles. The van der Waals surface area contributed by atoms with Crippen LogP contribution in [0.15, 0.2) is 0 Å². The lowest BCUT2D eigenvalue weighted by Gasteiger charge is -2.29. The predicted octanol–water partition coefficient (Wildman–Crippen LogP) is 2.15. The van der Waals surface area contributed by atoms with E-state index in [0.717, 1.165) is 18.6 Å². The molecule has 0 bridgehead atoms. The molecule has 0 aromatic rings. The fourth-order valence-corrected chi connectivity index (χ4v) is 3.27. The van der Waals surface area contributed by atoms with E-state index in [1.54, 1.807) is 37.4 Å². The Morgan fingerprint density at radius 2 is 2.00 bits per heavy atom. The highest BCUT2D eigenvalue weighted by Crippen LogP contribution is 2.19. The summed E-state index contributed by atoms with van der Waals surface area (Å²) in [4.78, 5) is 38.8. The molecular weight excluding hydrogens is 354 g/mol. The van der Waals surface area contributed by atoms with Gasteiger partial charge in [0.05, 0.1) is 0 Å². The van der Waals surface area contributed by atoms with E-state index in [0.29, 0.717) is 25.9 Å². The molecule has 2 N–H and O–H groups in total. The molecule has 7 nitrogen and oxygen atoms in total. The Labute approximate surface area is 161 Å². The molecule has 0 aromatic carbocycles. The largest absolute Gasteiger partial charge is 0.444 e. The van der Waals surface area contributed by atoms with Gasteiger partial charge in [-0.15, -0.1) is 0 Å². The number of nitrogens with one attached hydrogen (secondary N) is 2. The highest BCUT2D eigenvalue weighted by molar-refractivity contribution is 7.98. The van der Waals surface area contributed by atoms with E-state index in [1.807, 2.05) is 13.2 Å². The highest BCUT2D eigenvalue weighted by atomic mass is 32.2. The Kier molecular flexibility index (Phi) is 9.25. The number of likely N-dealkylation sites (tertiary alicyclic amines) is 1. The highest BCUT2D eigenvalue weighted by Gasteiger charge is 2.37. The average molecular weight is 388 g/mol. The lowest BCUT2D eigenvalue weighted by Crippen LogP contribution is -2.53. The van der Waals surface area contributed by atoms with E-state index in [4.69, 9.17) is 4.74 Å². The molecule has 0 unspecified atom stereocenters. The van der Waals surface area contributed by atoms with Crippen LogP contribution in [0.3, 0.4) is 0 Å². The molecule has 1 aliphatic heterocycles. The fourth-order valence-electron chi connectivity index (χ4n) is 2.84. The van der Waals surface area contributed by atoms with E-state index in [2.05, 4.69) is 10.6 Å². The summed E-state index contributed by atoms with van der Waals surface area (Å²) in [5.74, 6) is 0.662. The Morgan fingerprint density at radius 1 is 1.31 bits per heavy atom. The topological polar surface area (TPSA) is 87.7 Å². The van der Waals surface area contributed by atoms with E-state index < -0.39 is 23.8 Å². The van der Waals surface area contributed by atoms with Gasteiger partial charge in [0.1, 0.15) is 17.7 Å². The Bertz CT molecular complexity index is 493. The number of amides is 3. The molecule has 1 heterocycles. The second-order valence-corrected chi connectivity index (χ2v) is 8.42.